The molecule has 0 aliphatic rings. The summed E-state index contributed by atoms with van der Waals surface area (Å²) in [5, 5.41) is 0. The summed E-state index contributed by atoms with van der Waals surface area (Å²) < 4.78 is 0. The molecule has 4 rings (SSSR count). The summed E-state index contributed by atoms with van der Waals surface area (Å²) >= 11 is 5.42. The molecule has 26 heavy (non-hydrogen) atoms. The van der Waals surface area contributed by atoms with Gasteiger partial charge in [-0.2, -0.15) is 4.90 Å². The molecule has 0 atom stereocenters. The van der Waals surface area contributed by atoms with E-state index in [2.05, 4.69) is 11.1 Å². The zero-order chi connectivity index (χ0) is 17.1. The molecule has 4 heteroatoms. The Bertz CT molecular complexity index is 1020. The summed E-state index contributed by atoms with van der Waals surface area (Å²) in [4.78, 5) is 9.99. The SMILES string of the molecule is [Ni+2].[S-]c1ccccc1-c1cccc(-c2[c-]c(-c3ccccn3)ccc2)n1. The van der Waals surface area contributed by atoms with Gasteiger partial charge in [0, 0.05) is 17.6 Å². The molecule has 0 N–H and O–H groups in total. The van der Waals surface area contributed by atoms with E-state index in [1.807, 2.05) is 78.9 Å². The summed E-state index contributed by atoms with van der Waals surface area (Å²) in [7, 11) is 0. The molecule has 2 aromatic carbocycles. The van der Waals surface area contributed by atoms with Crippen LogP contribution in [0.15, 0.2) is 90.0 Å². The molecule has 4 aromatic rings. The fourth-order valence-corrected chi connectivity index (χ4v) is 2.95. The summed E-state index contributed by atoms with van der Waals surface area (Å²) in [6, 6.07) is 29.1. The molecular formula is C22H14N2NiS. The zero-order valence-corrected chi connectivity index (χ0v) is 15.5. The van der Waals surface area contributed by atoms with E-state index in [4.69, 9.17) is 17.6 Å². The maximum atomic E-state index is 5.42. The Morgan fingerprint density at radius 2 is 1.31 bits per heavy atom. The van der Waals surface area contributed by atoms with E-state index in [9.17, 15) is 0 Å². The molecule has 0 radical (unpaired) electrons. The molecule has 0 aliphatic carbocycles. The molecule has 0 spiro atoms. The van der Waals surface area contributed by atoms with Gasteiger partial charge in [-0.25, -0.2) is 0 Å². The molecule has 0 saturated carbocycles. The molecule has 0 fully saturated rings. The van der Waals surface area contributed by atoms with Crippen LogP contribution in [-0.2, 0) is 29.1 Å². The Labute approximate surface area is 168 Å². The third-order valence-electron chi connectivity index (χ3n) is 3.92. The van der Waals surface area contributed by atoms with E-state index < -0.39 is 0 Å². The van der Waals surface area contributed by atoms with E-state index in [1.54, 1.807) is 6.20 Å². The topological polar surface area (TPSA) is 25.8 Å². The molecule has 0 saturated heterocycles. The second kappa shape index (κ2) is 8.22. The first-order chi connectivity index (χ1) is 12.3. The van der Waals surface area contributed by atoms with Crippen LogP contribution in [0, 0.1) is 6.07 Å². The van der Waals surface area contributed by atoms with E-state index in [0.29, 0.717) is 0 Å². The van der Waals surface area contributed by atoms with Crippen LogP contribution >= 0.6 is 0 Å². The average molecular weight is 397 g/mol. The van der Waals surface area contributed by atoms with Gasteiger partial charge in [-0.1, -0.05) is 59.7 Å². The fraction of sp³-hybridized carbons (Fsp3) is 0. The second-order valence-electron chi connectivity index (χ2n) is 5.60. The summed E-state index contributed by atoms with van der Waals surface area (Å²) in [6.07, 6.45) is 1.79. The van der Waals surface area contributed by atoms with Crippen molar-refractivity contribution in [2.24, 2.45) is 0 Å². The summed E-state index contributed by atoms with van der Waals surface area (Å²) in [6.45, 7) is 0. The van der Waals surface area contributed by atoms with Crippen LogP contribution in [0.4, 0.5) is 0 Å². The number of pyridine rings is 2. The molecule has 0 aliphatic heterocycles. The van der Waals surface area contributed by atoms with Crippen LogP contribution in [0.5, 0.6) is 0 Å². The first-order valence-electron chi connectivity index (χ1n) is 7.99. The van der Waals surface area contributed by atoms with E-state index in [1.165, 1.54) is 0 Å². The maximum Gasteiger partial charge on any atom is 2.00 e. The number of hydrogen-bond donors (Lipinski definition) is 0. The summed E-state index contributed by atoms with van der Waals surface area (Å²) in [5.74, 6) is 0. The normalized spacial score (nSPS) is 10.2. The van der Waals surface area contributed by atoms with Gasteiger partial charge < -0.3 is 12.6 Å². The van der Waals surface area contributed by atoms with Crippen molar-refractivity contribution in [2.75, 3.05) is 0 Å². The third-order valence-corrected chi connectivity index (χ3v) is 4.28. The van der Waals surface area contributed by atoms with Gasteiger partial charge in [0.2, 0.25) is 0 Å². The molecule has 2 aromatic heterocycles. The minimum absolute atomic E-state index is 0. The molecule has 0 unspecified atom stereocenters. The van der Waals surface area contributed by atoms with E-state index >= 15 is 0 Å². The first kappa shape index (κ1) is 18.3. The van der Waals surface area contributed by atoms with Crippen molar-refractivity contribution in [3.8, 4) is 33.8 Å². The van der Waals surface area contributed by atoms with Crippen molar-refractivity contribution in [3.05, 3.63) is 91.1 Å². The summed E-state index contributed by atoms with van der Waals surface area (Å²) in [5.41, 5.74) is 5.51. The molecule has 2 heterocycles. The molecule has 2 nitrogen and oxygen atoms in total. The van der Waals surface area contributed by atoms with Gasteiger partial charge in [-0.3, -0.25) is 9.97 Å². The first-order valence-corrected chi connectivity index (χ1v) is 8.40. The predicted molar refractivity (Wildman–Crippen MR) is 103 cm³/mol. The van der Waals surface area contributed by atoms with Gasteiger partial charge in [-0.05, 0) is 17.7 Å². The number of benzene rings is 2. The van der Waals surface area contributed by atoms with E-state index in [0.717, 1.165) is 38.7 Å². The number of rotatable bonds is 3. The van der Waals surface area contributed by atoms with Gasteiger partial charge in [0.25, 0.3) is 0 Å². The Kier molecular flexibility index (Phi) is 5.77. The standard InChI is InChI=1S/C22H15N2S.Ni/c25-22-13-2-1-9-18(22)21-12-6-11-20(24-21)17-8-5-7-16(15-17)19-10-3-4-14-23-19;/h1-14,25H;/q-1;+2/p-1. The fourth-order valence-electron chi connectivity index (χ4n) is 2.70. The molecule has 128 valence electrons. The molecule has 0 amide bonds. The third kappa shape index (κ3) is 3.82. The van der Waals surface area contributed by atoms with Gasteiger partial charge >= 0.3 is 16.5 Å². The smallest absolute Gasteiger partial charge is 0.779 e. The van der Waals surface area contributed by atoms with Crippen LogP contribution in [0.1, 0.15) is 0 Å². The Morgan fingerprint density at radius 1 is 0.654 bits per heavy atom. The van der Waals surface area contributed by atoms with Gasteiger partial charge in [0.15, 0.2) is 0 Å². The number of hydrogen-bond acceptors (Lipinski definition) is 3. The minimum Gasteiger partial charge on any atom is -0.779 e. The average Bonchev–Trinajstić information content (AvgIpc) is 2.69. The van der Waals surface area contributed by atoms with Gasteiger partial charge in [0.1, 0.15) is 0 Å². The Hall–Kier alpha value is -2.55. The quantitative estimate of drug-likeness (QED) is 0.271. The van der Waals surface area contributed by atoms with Crippen LogP contribution < -0.4 is 0 Å². The molecule has 0 bridgehead atoms. The van der Waals surface area contributed by atoms with Crippen LogP contribution in [0.25, 0.3) is 33.8 Å². The zero-order valence-electron chi connectivity index (χ0n) is 13.7. The number of aromatic nitrogens is 2. The van der Waals surface area contributed by atoms with Crippen LogP contribution in [-0.4, -0.2) is 9.97 Å². The Morgan fingerprint density at radius 3 is 2.08 bits per heavy atom. The van der Waals surface area contributed by atoms with Gasteiger partial charge in [0.05, 0.1) is 5.69 Å². The Balaban J connectivity index is 0.00000196. The van der Waals surface area contributed by atoms with Crippen molar-refractivity contribution >= 4 is 12.6 Å². The van der Waals surface area contributed by atoms with Crippen molar-refractivity contribution < 1.29 is 16.5 Å². The van der Waals surface area contributed by atoms with Gasteiger partial charge in [-0.15, -0.1) is 24.3 Å². The van der Waals surface area contributed by atoms with Crippen molar-refractivity contribution in [2.45, 2.75) is 4.90 Å². The second-order valence-corrected chi connectivity index (χ2v) is 6.04. The van der Waals surface area contributed by atoms with Crippen molar-refractivity contribution in [1.82, 2.24) is 9.97 Å². The number of nitrogens with zero attached hydrogens (tertiary/aromatic N) is 2. The van der Waals surface area contributed by atoms with Crippen molar-refractivity contribution in [3.63, 3.8) is 0 Å². The van der Waals surface area contributed by atoms with Crippen LogP contribution in [0.3, 0.4) is 0 Å². The largest absolute Gasteiger partial charge is 2.00 e. The van der Waals surface area contributed by atoms with Crippen LogP contribution in [0.2, 0.25) is 0 Å². The minimum atomic E-state index is 0. The monoisotopic (exact) mass is 396 g/mol. The van der Waals surface area contributed by atoms with E-state index in [-0.39, 0.29) is 16.5 Å². The molecular weight excluding hydrogens is 383 g/mol. The van der Waals surface area contributed by atoms with Crippen molar-refractivity contribution in [1.29, 1.82) is 0 Å². The predicted octanol–water partition coefficient (Wildman–Crippen LogP) is 5.18. The maximum absolute atomic E-state index is 5.42.